The van der Waals surface area contributed by atoms with E-state index in [1.165, 1.54) is 0 Å². The first kappa shape index (κ1) is 25.1. The average Bonchev–Trinajstić information content (AvgIpc) is 3.69. The second kappa shape index (κ2) is 10.2. The van der Waals surface area contributed by atoms with Crippen LogP contribution < -0.4 is 10.1 Å². The van der Waals surface area contributed by atoms with Crippen LogP contribution in [0.2, 0.25) is 5.02 Å². The molecular weight excluding hydrogens is 518 g/mol. The van der Waals surface area contributed by atoms with Crippen LogP contribution in [0.15, 0.2) is 55.1 Å². The lowest BCUT2D eigenvalue weighted by atomic mass is 10.0. The molecule has 39 heavy (non-hydrogen) atoms. The summed E-state index contributed by atoms with van der Waals surface area (Å²) in [6.45, 7) is 2.71. The van der Waals surface area contributed by atoms with Gasteiger partial charge in [0, 0.05) is 43.1 Å². The van der Waals surface area contributed by atoms with Gasteiger partial charge in [0.2, 0.25) is 0 Å². The van der Waals surface area contributed by atoms with Crippen LogP contribution >= 0.6 is 11.6 Å². The van der Waals surface area contributed by atoms with E-state index in [2.05, 4.69) is 15.5 Å². The first-order valence-corrected chi connectivity index (χ1v) is 13.1. The van der Waals surface area contributed by atoms with E-state index in [4.69, 9.17) is 26.2 Å². The lowest BCUT2D eigenvalue weighted by Gasteiger charge is -2.23. The van der Waals surface area contributed by atoms with Crippen LogP contribution in [0.4, 0.5) is 11.5 Å². The number of nitrogens with one attached hydrogen (secondary N) is 1. The number of rotatable bonds is 7. The summed E-state index contributed by atoms with van der Waals surface area (Å²) in [4.78, 5) is 13.0. The van der Waals surface area contributed by atoms with Crippen molar-refractivity contribution in [2.45, 2.75) is 32.4 Å². The summed E-state index contributed by atoms with van der Waals surface area (Å²) in [5.41, 5.74) is 4.30. The van der Waals surface area contributed by atoms with Crippen molar-refractivity contribution < 1.29 is 14.3 Å². The van der Waals surface area contributed by atoms with Crippen molar-refractivity contribution in [2.24, 2.45) is 7.05 Å². The zero-order chi connectivity index (χ0) is 27.1. The molecule has 1 aliphatic heterocycles. The molecule has 0 aliphatic carbocycles. The molecule has 1 aliphatic rings. The Balaban J connectivity index is 1.26. The standard InChI is InChI=1S/C28H28ClN7O3/c1-17-15-35(19-7-8-20(24(12-19)38-3)27(37)18-13-30-34(2)16-18)33-28(17)32-22-9-10-23-21(26(22)29)14-31-36(23)25-6-4-5-11-39-25/h7-10,12-16,25H,4-6,11H2,1-3H3,(H,32,33). The highest BCUT2D eigenvalue weighted by molar-refractivity contribution is 6.38. The molecule has 0 amide bonds. The van der Waals surface area contributed by atoms with Gasteiger partial charge in [0.1, 0.15) is 5.75 Å². The third kappa shape index (κ3) is 4.66. The van der Waals surface area contributed by atoms with E-state index in [9.17, 15) is 4.79 Å². The number of aromatic nitrogens is 6. The fourth-order valence-electron chi connectivity index (χ4n) is 4.88. The molecule has 6 rings (SSSR count). The van der Waals surface area contributed by atoms with Crippen LogP contribution in [0.1, 0.15) is 47.0 Å². The van der Waals surface area contributed by atoms with Gasteiger partial charge in [0.15, 0.2) is 17.8 Å². The first-order valence-electron chi connectivity index (χ1n) is 12.8. The fourth-order valence-corrected chi connectivity index (χ4v) is 5.13. The second-order valence-corrected chi connectivity index (χ2v) is 9.99. The van der Waals surface area contributed by atoms with E-state index in [0.29, 0.717) is 27.7 Å². The van der Waals surface area contributed by atoms with Crippen molar-refractivity contribution in [3.05, 3.63) is 76.8 Å². The van der Waals surface area contributed by atoms with Crippen LogP contribution in [0.25, 0.3) is 16.6 Å². The number of benzene rings is 2. The minimum absolute atomic E-state index is 0.0629. The highest BCUT2D eigenvalue weighted by Crippen LogP contribution is 2.36. The van der Waals surface area contributed by atoms with Crippen molar-refractivity contribution in [2.75, 3.05) is 19.0 Å². The summed E-state index contributed by atoms with van der Waals surface area (Å²) in [6.07, 6.45) is 10.00. The number of ketones is 1. The molecule has 1 unspecified atom stereocenters. The van der Waals surface area contributed by atoms with E-state index >= 15 is 0 Å². The van der Waals surface area contributed by atoms with Crippen LogP contribution in [0, 0.1) is 6.92 Å². The number of halogens is 1. The SMILES string of the molecule is COc1cc(-n2cc(C)c(Nc3ccc4c(cnn4C4CCCCO4)c3Cl)n2)ccc1C(=O)c1cnn(C)c1. The highest BCUT2D eigenvalue weighted by Gasteiger charge is 2.21. The van der Waals surface area contributed by atoms with Crippen molar-refractivity contribution in [1.29, 1.82) is 0 Å². The van der Waals surface area contributed by atoms with Gasteiger partial charge in [-0.25, -0.2) is 9.36 Å². The highest BCUT2D eigenvalue weighted by atomic mass is 35.5. The molecular formula is C28H28ClN7O3. The molecule has 1 atom stereocenters. The maximum absolute atomic E-state index is 13.0. The van der Waals surface area contributed by atoms with Crippen molar-refractivity contribution in [3.8, 4) is 11.4 Å². The summed E-state index contributed by atoms with van der Waals surface area (Å²) in [6, 6.07) is 9.31. The minimum atomic E-state index is -0.158. The Kier molecular flexibility index (Phi) is 6.58. The summed E-state index contributed by atoms with van der Waals surface area (Å²) in [7, 11) is 3.31. The monoisotopic (exact) mass is 545 g/mol. The first-order chi connectivity index (χ1) is 18.9. The lowest BCUT2D eigenvalue weighted by Crippen LogP contribution is -2.18. The normalized spacial score (nSPS) is 15.5. The van der Waals surface area contributed by atoms with E-state index < -0.39 is 0 Å². The van der Waals surface area contributed by atoms with Crippen LogP contribution in [0.3, 0.4) is 0 Å². The van der Waals surface area contributed by atoms with E-state index in [1.807, 2.05) is 36.0 Å². The maximum Gasteiger partial charge on any atom is 0.199 e. The molecule has 3 aromatic heterocycles. The third-order valence-corrected chi connectivity index (χ3v) is 7.36. The van der Waals surface area contributed by atoms with E-state index in [1.54, 1.807) is 54.2 Å². The molecule has 11 heteroatoms. The predicted molar refractivity (Wildman–Crippen MR) is 148 cm³/mol. The molecule has 0 radical (unpaired) electrons. The topological polar surface area (TPSA) is 101 Å². The number of carbonyl (C=O) groups is 1. The van der Waals surface area contributed by atoms with Gasteiger partial charge in [-0.15, -0.1) is 5.10 Å². The number of anilines is 2. The Bertz CT molecular complexity index is 1680. The van der Waals surface area contributed by atoms with Gasteiger partial charge in [-0.3, -0.25) is 9.48 Å². The Morgan fingerprint density at radius 2 is 2.03 bits per heavy atom. The second-order valence-electron chi connectivity index (χ2n) is 9.62. The van der Waals surface area contributed by atoms with E-state index in [-0.39, 0.29) is 12.0 Å². The van der Waals surface area contributed by atoms with Gasteiger partial charge in [-0.1, -0.05) is 11.6 Å². The molecule has 0 saturated carbocycles. The lowest BCUT2D eigenvalue weighted by molar-refractivity contribution is -0.0366. The van der Waals surface area contributed by atoms with Crippen LogP contribution in [-0.4, -0.2) is 48.8 Å². The minimum Gasteiger partial charge on any atom is -0.496 e. The number of ether oxygens (including phenoxy) is 2. The molecule has 1 fully saturated rings. The smallest absolute Gasteiger partial charge is 0.199 e. The number of hydrogen-bond donors (Lipinski definition) is 1. The number of methoxy groups -OCH3 is 1. The molecule has 10 nitrogen and oxygen atoms in total. The summed E-state index contributed by atoms with van der Waals surface area (Å²) in [5.74, 6) is 0.958. The van der Waals surface area contributed by atoms with Crippen molar-refractivity contribution >= 4 is 39.8 Å². The Labute approximate surface area is 230 Å². The van der Waals surface area contributed by atoms with Gasteiger partial charge in [-0.05, 0) is 50.5 Å². The van der Waals surface area contributed by atoms with Crippen LogP contribution in [0.5, 0.6) is 5.75 Å². The molecule has 1 N–H and O–H groups in total. The summed E-state index contributed by atoms with van der Waals surface area (Å²) < 4.78 is 16.7. The van der Waals surface area contributed by atoms with Crippen molar-refractivity contribution in [1.82, 2.24) is 29.3 Å². The van der Waals surface area contributed by atoms with Gasteiger partial charge >= 0.3 is 0 Å². The predicted octanol–water partition coefficient (Wildman–Crippen LogP) is 5.60. The third-order valence-electron chi connectivity index (χ3n) is 6.95. The molecule has 200 valence electrons. The number of carbonyl (C=O) groups excluding carboxylic acids is 1. The zero-order valence-electron chi connectivity index (χ0n) is 21.9. The number of hydrogen-bond acceptors (Lipinski definition) is 7. The molecule has 5 aromatic rings. The van der Waals surface area contributed by atoms with E-state index in [0.717, 1.165) is 53.7 Å². The Morgan fingerprint density at radius 1 is 1.15 bits per heavy atom. The Morgan fingerprint density at radius 3 is 2.77 bits per heavy atom. The maximum atomic E-state index is 13.0. The molecule has 0 spiro atoms. The fraction of sp³-hybridized carbons (Fsp3) is 0.286. The number of aryl methyl sites for hydroxylation is 2. The largest absolute Gasteiger partial charge is 0.496 e. The number of nitrogens with zero attached hydrogens (tertiary/aromatic N) is 6. The quantitative estimate of drug-likeness (QED) is 0.266. The zero-order valence-corrected chi connectivity index (χ0v) is 22.6. The van der Waals surface area contributed by atoms with Gasteiger partial charge in [0.05, 0.1) is 52.5 Å². The van der Waals surface area contributed by atoms with Gasteiger partial charge in [0.25, 0.3) is 0 Å². The molecule has 2 aromatic carbocycles. The van der Waals surface area contributed by atoms with Gasteiger partial charge < -0.3 is 14.8 Å². The van der Waals surface area contributed by atoms with Gasteiger partial charge in [-0.2, -0.15) is 10.2 Å². The molecule has 4 heterocycles. The summed E-state index contributed by atoms with van der Waals surface area (Å²) in [5, 5.41) is 18.2. The Hall–Kier alpha value is -4.15. The molecule has 0 bridgehead atoms. The molecule has 1 saturated heterocycles. The average molecular weight is 546 g/mol. The van der Waals surface area contributed by atoms with Crippen LogP contribution in [-0.2, 0) is 11.8 Å². The van der Waals surface area contributed by atoms with Crippen molar-refractivity contribution in [3.63, 3.8) is 0 Å². The summed E-state index contributed by atoms with van der Waals surface area (Å²) >= 11 is 6.81. The number of fused-ring (bicyclic) bond motifs is 1.